The molecule has 0 fully saturated rings. The summed E-state index contributed by atoms with van der Waals surface area (Å²) < 4.78 is 20.4. The van der Waals surface area contributed by atoms with Crippen molar-refractivity contribution in [2.45, 2.75) is 6.92 Å². The Kier molecular flexibility index (Phi) is 6.10. The van der Waals surface area contributed by atoms with Crippen LogP contribution in [-0.2, 0) is 22.8 Å². The zero-order valence-electron chi connectivity index (χ0n) is 9.40. The maximum Gasteiger partial charge on any atom is 0.573 e. The van der Waals surface area contributed by atoms with E-state index in [2.05, 4.69) is 6.58 Å². The van der Waals surface area contributed by atoms with Crippen molar-refractivity contribution in [3.05, 3.63) is 24.1 Å². The molecule has 0 aromatic rings. The monoisotopic (exact) mass is 232 g/mol. The molecule has 0 atom stereocenters. The molecule has 0 aromatic carbocycles. The Hall–Kier alpha value is -0.953. The number of carbonyl (C=O) groups is 1. The summed E-state index contributed by atoms with van der Waals surface area (Å²) in [5, 5.41) is 0.250. The van der Waals surface area contributed by atoms with Crippen molar-refractivity contribution in [2.75, 3.05) is 21.3 Å². The highest BCUT2D eigenvalue weighted by Gasteiger charge is 2.46. The van der Waals surface area contributed by atoms with Gasteiger partial charge in [-0.25, -0.2) is 4.79 Å². The third kappa shape index (κ3) is 3.28. The number of ether oxygens (including phenoxy) is 1. The molecule has 0 saturated heterocycles. The molecule has 0 aliphatic heterocycles. The molecule has 0 aliphatic rings. The third-order valence-corrected chi connectivity index (χ3v) is 4.35. The number of esters is 1. The number of hydrogen-bond donors (Lipinski definition) is 0. The summed E-state index contributed by atoms with van der Waals surface area (Å²) in [6.45, 7) is 5.00. The standard InChI is InChI=1S/C9H16O5Si/c1-6-8(10)14-9(7-2)15(11-3,12-4)13-5/h6-7H,1H2,2-5H3. The van der Waals surface area contributed by atoms with E-state index in [1.54, 1.807) is 13.0 Å². The van der Waals surface area contributed by atoms with Crippen molar-refractivity contribution < 1.29 is 22.8 Å². The van der Waals surface area contributed by atoms with Gasteiger partial charge in [0, 0.05) is 27.4 Å². The first-order valence-electron chi connectivity index (χ1n) is 4.26. The molecule has 15 heavy (non-hydrogen) atoms. The normalized spacial score (nSPS) is 12.4. The SMILES string of the molecule is C=CC(=O)OC(=CC)[Si](OC)(OC)OC. The maximum atomic E-state index is 11.1. The van der Waals surface area contributed by atoms with Crippen molar-refractivity contribution in [1.29, 1.82) is 0 Å². The summed E-state index contributed by atoms with van der Waals surface area (Å²) in [7, 11) is 1.25. The first kappa shape index (κ1) is 14.0. The van der Waals surface area contributed by atoms with Gasteiger partial charge in [-0.15, -0.1) is 0 Å². The van der Waals surface area contributed by atoms with Crippen molar-refractivity contribution in [3.63, 3.8) is 0 Å². The molecule has 5 nitrogen and oxygen atoms in total. The maximum absolute atomic E-state index is 11.1. The zero-order chi connectivity index (χ0) is 11.9. The van der Waals surface area contributed by atoms with Gasteiger partial charge in [-0.1, -0.05) is 6.58 Å². The topological polar surface area (TPSA) is 54.0 Å². The van der Waals surface area contributed by atoms with E-state index in [0.29, 0.717) is 0 Å². The number of rotatable bonds is 6. The summed E-state index contributed by atoms with van der Waals surface area (Å²) in [4.78, 5) is 11.1. The van der Waals surface area contributed by atoms with Gasteiger partial charge in [0.2, 0.25) is 0 Å². The highest BCUT2D eigenvalue weighted by atomic mass is 28.4. The van der Waals surface area contributed by atoms with Gasteiger partial charge in [0.15, 0.2) is 5.38 Å². The van der Waals surface area contributed by atoms with Crippen molar-refractivity contribution in [2.24, 2.45) is 0 Å². The Morgan fingerprint density at radius 2 is 1.67 bits per heavy atom. The van der Waals surface area contributed by atoms with Gasteiger partial charge in [0.05, 0.1) is 0 Å². The van der Waals surface area contributed by atoms with E-state index in [-0.39, 0.29) is 5.38 Å². The van der Waals surface area contributed by atoms with Crippen LogP contribution in [0.4, 0.5) is 0 Å². The van der Waals surface area contributed by atoms with Gasteiger partial charge in [-0.05, 0) is 13.0 Å². The van der Waals surface area contributed by atoms with Crippen LogP contribution in [-0.4, -0.2) is 36.1 Å². The largest absolute Gasteiger partial charge is 0.573 e. The number of hydrogen-bond acceptors (Lipinski definition) is 5. The minimum absolute atomic E-state index is 0.250. The predicted octanol–water partition coefficient (Wildman–Crippen LogP) is 1.04. The van der Waals surface area contributed by atoms with Crippen LogP contribution < -0.4 is 0 Å². The lowest BCUT2D eigenvalue weighted by atomic mass is 10.6. The lowest BCUT2D eigenvalue weighted by Gasteiger charge is -2.25. The fraction of sp³-hybridized carbons (Fsp3) is 0.444. The Bertz CT molecular complexity index is 249. The van der Waals surface area contributed by atoms with Gasteiger partial charge in [0.1, 0.15) is 0 Å². The van der Waals surface area contributed by atoms with Crippen LogP contribution in [0, 0.1) is 0 Å². The van der Waals surface area contributed by atoms with E-state index in [1.807, 2.05) is 0 Å². The molecule has 0 spiro atoms. The molecule has 0 N–H and O–H groups in total. The molecule has 0 rings (SSSR count). The second-order valence-electron chi connectivity index (χ2n) is 2.45. The van der Waals surface area contributed by atoms with Gasteiger partial charge >= 0.3 is 14.8 Å². The molecule has 6 heteroatoms. The van der Waals surface area contributed by atoms with E-state index in [0.717, 1.165) is 6.08 Å². The van der Waals surface area contributed by atoms with Crippen LogP contribution in [0.3, 0.4) is 0 Å². The van der Waals surface area contributed by atoms with Gasteiger partial charge in [-0.2, -0.15) is 0 Å². The molecule has 0 aromatic heterocycles. The third-order valence-electron chi connectivity index (χ3n) is 1.75. The molecule has 0 amide bonds. The molecule has 0 heterocycles. The molecule has 0 saturated carbocycles. The van der Waals surface area contributed by atoms with Crippen LogP contribution >= 0.6 is 0 Å². The highest BCUT2D eigenvalue weighted by Crippen LogP contribution is 2.19. The molecule has 0 bridgehead atoms. The number of carbonyl (C=O) groups excluding carboxylic acids is 1. The van der Waals surface area contributed by atoms with Crippen LogP contribution in [0.25, 0.3) is 0 Å². The first-order valence-corrected chi connectivity index (χ1v) is 5.99. The molecule has 86 valence electrons. The lowest BCUT2D eigenvalue weighted by Crippen LogP contribution is -2.46. The second kappa shape index (κ2) is 6.52. The molecule has 0 aliphatic carbocycles. The first-order chi connectivity index (χ1) is 7.10. The average molecular weight is 232 g/mol. The smallest absolute Gasteiger partial charge is 0.425 e. The fourth-order valence-electron chi connectivity index (χ4n) is 1.00. The number of allylic oxidation sites excluding steroid dienone is 1. The summed E-state index contributed by atoms with van der Waals surface area (Å²) in [6.07, 6.45) is 2.63. The van der Waals surface area contributed by atoms with Gasteiger partial charge in [0.25, 0.3) is 0 Å². The summed E-state index contributed by atoms with van der Waals surface area (Å²) in [6, 6.07) is 0. The van der Waals surface area contributed by atoms with Crippen molar-refractivity contribution in [3.8, 4) is 0 Å². The van der Waals surface area contributed by atoms with Crippen molar-refractivity contribution >= 4 is 14.8 Å². The Labute approximate surface area is 90.6 Å². The minimum atomic E-state index is -3.06. The predicted molar refractivity (Wildman–Crippen MR) is 56.8 cm³/mol. The van der Waals surface area contributed by atoms with Gasteiger partial charge < -0.3 is 18.0 Å². The Morgan fingerprint density at radius 1 is 1.20 bits per heavy atom. The van der Waals surface area contributed by atoms with Crippen LogP contribution in [0.1, 0.15) is 6.92 Å². The van der Waals surface area contributed by atoms with E-state index < -0.39 is 14.8 Å². The van der Waals surface area contributed by atoms with E-state index in [9.17, 15) is 4.79 Å². The minimum Gasteiger partial charge on any atom is -0.425 e. The molecular weight excluding hydrogens is 216 g/mol. The summed E-state index contributed by atoms with van der Waals surface area (Å²) in [5.41, 5.74) is 0. The summed E-state index contributed by atoms with van der Waals surface area (Å²) >= 11 is 0. The van der Waals surface area contributed by atoms with E-state index in [4.69, 9.17) is 18.0 Å². The highest BCUT2D eigenvalue weighted by molar-refractivity contribution is 6.68. The zero-order valence-corrected chi connectivity index (χ0v) is 10.4. The molecule has 0 unspecified atom stereocenters. The molecular formula is C9H16O5Si. The van der Waals surface area contributed by atoms with Crippen molar-refractivity contribution in [1.82, 2.24) is 0 Å². The second-order valence-corrected chi connectivity index (χ2v) is 5.28. The molecule has 0 radical (unpaired) electrons. The quantitative estimate of drug-likeness (QED) is 0.296. The Morgan fingerprint density at radius 3 is 1.93 bits per heavy atom. The van der Waals surface area contributed by atoms with E-state index >= 15 is 0 Å². The average Bonchev–Trinajstić information content (AvgIpc) is 2.29. The van der Waals surface area contributed by atoms with E-state index in [1.165, 1.54) is 21.3 Å². The van der Waals surface area contributed by atoms with Gasteiger partial charge in [-0.3, -0.25) is 0 Å². The lowest BCUT2D eigenvalue weighted by molar-refractivity contribution is -0.133. The van der Waals surface area contributed by atoms with Crippen LogP contribution in [0.2, 0.25) is 0 Å². The fourth-order valence-corrected chi connectivity index (χ4v) is 2.68. The van der Waals surface area contributed by atoms with Crippen LogP contribution in [0.5, 0.6) is 0 Å². The Balaban J connectivity index is 4.92. The van der Waals surface area contributed by atoms with Crippen LogP contribution in [0.15, 0.2) is 24.1 Å². The summed E-state index contributed by atoms with van der Waals surface area (Å²) in [5.74, 6) is -0.578.